The Kier molecular flexibility index (Phi) is 1.92. The maximum Gasteiger partial charge on any atom is 0.148 e. The molecule has 3 rings (SSSR count). The van der Waals surface area contributed by atoms with E-state index in [-0.39, 0.29) is 0 Å². The molecule has 15 heavy (non-hydrogen) atoms. The van der Waals surface area contributed by atoms with Gasteiger partial charge in [0.2, 0.25) is 0 Å². The van der Waals surface area contributed by atoms with E-state index in [4.69, 9.17) is 5.73 Å². The Labute approximate surface area is 91.7 Å². The molecular weight excluding hydrogens is 208 g/mol. The zero-order chi connectivity index (χ0) is 10.3. The number of nitrogens with one attached hydrogen (secondary N) is 1. The van der Waals surface area contributed by atoms with Crippen LogP contribution in [-0.4, -0.2) is 16.3 Å². The van der Waals surface area contributed by atoms with Crippen molar-refractivity contribution in [3.63, 3.8) is 0 Å². The van der Waals surface area contributed by atoms with Gasteiger partial charge >= 0.3 is 0 Å². The molecule has 4 nitrogen and oxygen atoms in total. The highest BCUT2D eigenvalue weighted by molar-refractivity contribution is 7.10. The van der Waals surface area contributed by atoms with Gasteiger partial charge < -0.3 is 11.1 Å². The molecule has 2 aromatic heterocycles. The maximum absolute atomic E-state index is 5.83. The number of thiophene rings is 1. The van der Waals surface area contributed by atoms with Crippen LogP contribution in [0.2, 0.25) is 0 Å². The van der Waals surface area contributed by atoms with Gasteiger partial charge in [0.1, 0.15) is 5.82 Å². The van der Waals surface area contributed by atoms with Crippen LogP contribution in [0.4, 0.5) is 11.5 Å². The van der Waals surface area contributed by atoms with Crippen LogP contribution in [0.25, 0.3) is 0 Å². The van der Waals surface area contributed by atoms with E-state index in [9.17, 15) is 0 Å². The molecule has 5 heteroatoms. The predicted octanol–water partition coefficient (Wildman–Crippen LogP) is 1.93. The third kappa shape index (κ3) is 1.31. The summed E-state index contributed by atoms with van der Waals surface area (Å²) in [6.45, 7) is 0.957. The Morgan fingerprint density at radius 3 is 3.33 bits per heavy atom. The number of fused-ring (bicyclic) bond motifs is 1. The zero-order valence-corrected chi connectivity index (χ0v) is 9.00. The molecule has 78 valence electrons. The van der Waals surface area contributed by atoms with Crippen molar-refractivity contribution >= 4 is 22.8 Å². The minimum atomic E-state index is 0.346. The highest BCUT2D eigenvalue weighted by Gasteiger charge is 2.23. The van der Waals surface area contributed by atoms with Gasteiger partial charge in [-0.05, 0) is 17.9 Å². The van der Waals surface area contributed by atoms with Gasteiger partial charge in [0.25, 0.3) is 0 Å². The largest absolute Gasteiger partial charge is 0.394 e. The quantitative estimate of drug-likeness (QED) is 0.772. The van der Waals surface area contributed by atoms with E-state index in [1.165, 1.54) is 4.88 Å². The first-order valence-corrected chi connectivity index (χ1v) is 5.84. The number of anilines is 2. The Hall–Kier alpha value is -1.49. The predicted molar refractivity (Wildman–Crippen MR) is 62.2 cm³/mol. The Morgan fingerprint density at radius 1 is 1.60 bits per heavy atom. The summed E-state index contributed by atoms with van der Waals surface area (Å²) >= 11 is 1.77. The average molecular weight is 220 g/mol. The van der Waals surface area contributed by atoms with Crippen molar-refractivity contribution in [3.8, 4) is 0 Å². The number of aromatic nitrogens is 2. The van der Waals surface area contributed by atoms with E-state index in [0.29, 0.717) is 6.04 Å². The molecule has 0 saturated carbocycles. The lowest BCUT2D eigenvalue weighted by molar-refractivity contribution is 0.489. The lowest BCUT2D eigenvalue weighted by Gasteiger charge is -2.25. The normalized spacial score (nSPS) is 19.6. The van der Waals surface area contributed by atoms with Gasteiger partial charge in [-0.3, -0.25) is 0 Å². The molecule has 2 aromatic rings. The summed E-state index contributed by atoms with van der Waals surface area (Å²) in [6, 6.07) is 4.58. The van der Waals surface area contributed by atoms with E-state index < -0.39 is 0 Å². The molecule has 0 aliphatic carbocycles. The summed E-state index contributed by atoms with van der Waals surface area (Å²) in [4.78, 5) is 1.35. The van der Waals surface area contributed by atoms with E-state index in [0.717, 1.165) is 24.5 Å². The highest BCUT2D eigenvalue weighted by Crippen LogP contribution is 2.33. The molecule has 0 spiro atoms. The summed E-state index contributed by atoms with van der Waals surface area (Å²) in [5, 5.41) is 9.71. The fourth-order valence-corrected chi connectivity index (χ4v) is 2.83. The zero-order valence-electron chi connectivity index (χ0n) is 8.18. The molecule has 0 radical (unpaired) electrons. The summed E-state index contributed by atoms with van der Waals surface area (Å²) in [7, 11) is 0. The molecule has 3 heterocycles. The highest BCUT2D eigenvalue weighted by atomic mass is 32.1. The Bertz CT molecular complexity index is 460. The molecule has 0 amide bonds. The number of nitrogens with two attached hydrogens (primary N) is 1. The fraction of sp³-hybridized carbons (Fsp3) is 0.300. The fourth-order valence-electron chi connectivity index (χ4n) is 1.99. The Morgan fingerprint density at radius 2 is 2.53 bits per heavy atom. The third-order valence-electron chi connectivity index (χ3n) is 2.70. The minimum absolute atomic E-state index is 0.346. The third-order valence-corrected chi connectivity index (χ3v) is 3.67. The van der Waals surface area contributed by atoms with Crippen LogP contribution in [0.5, 0.6) is 0 Å². The van der Waals surface area contributed by atoms with Crippen LogP contribution in [0, 0.1) is 0 Å². The first-order valence-electron chi connectivity index (χ1n) is 4.96. The molecule has 0 saturated heterocycles. The van der Waals surface area contributed by atoms with E-state index >= 15 is 0 Å². The van der Waals surface area contributed by atoms with Crippen LogP contribution in [-0.2, 0) is 0 Å². The first-order chi connectivity index (χ1) is 7.36. The standard InChI is InChI=1S/C10H12N4S/c11-7-6-13-14-8(3-4-12-10(7)14)9-2-1-5-15-9/h1-2,5-6,8,12H,3-4,11H2. The van der Waals surface area contributed by atoms with Crippen molar-refractivity contribution < 1.29 is 0 Å². The molecule has 1 unspecified atom stereocenters. The van der Waals surface area contributed by atoms with Gasteiger partial charge in [-0.25, -0.2) is 4.68 Å². The average Bonchev–Trinajstić information content (AvgIpc) is 2.88. The van der Waals surface area contributed by atoms with Gasteiger partial charge in [0, 0.05) is 11.4 Å². The van der Waals surface area contributed by atoms with Crippen molar-refractivity contribution in [1.82, 2.24) is 9.78 Å². The van der Waals surface area contributed by atoms with Crippen molar-refractivity contribution in [3.05, 3.63) is 28.6 Å². The lowest BCUT2D eigenvalue weighted by atomic mass is 10.1. The van der Waals surface area contributed by atoms with Crippen LogP contribution >= 0.6 is 11.3 Å². The summed E-state index contributed by atoms with van der Waals surface area (Å²) in [6.07, 6.45) is 2.78. The van der Waals surface area contributed by atoms with Crippen LogP contribution in [0.1, 0.15) is 17.3 Å². The van der Waals surface area contributed by atoms with Crippen molar-refractivity contribution in [2.75, 3.05) is 17.6 Å². The first kappa shape index (κ1) is 8.79. The van der Waals surface area contributed by atoms with Gasteiger partial charge in [-0.15, -0.1) is 11.3 Å². The van der Waals surface area contributed by atoms with Gasteiger partial charge in [0.15, 0.2) is 0 Å². The minimum Gasteiger partial charge on any atom is -0.394 e. The van der Waals surface area contributed by atoms with Gasteiger partial charge in [-0.2, -0.15) is 5.10 Å². The van der Waals surface area contributed by atoms with Gasteiger partial charge in [0.05, 0.1) is 17.9 Å². The number of nitrogen functional groups attached to an aromatic ring is 1. The maximum atomic E-state index is 5.83. The molecule has 0 fully saturated rings. The number of rotatable bonds is 1. The van der Waals surface area contributed by atoms with Crippen LogP contribution in [0.15, 0.2) is 23.7 Å². The SMILES string of the molecule is Nc1cnn2c1NCCC2c1cccs1. The molecule has 3 N–H and O–H groups in total. The smallest absolute Gasteiger partial charge is 0.148 e. The second-order valence-electron chi connectivity index (χ2n) is 3.64. The molecule has 1 aliphatic rings. The topological polar surface area (TPSA) is 55.9 Å². The molecule has 1 aliphatic heterocycles. The summed E-state index contributed by atoms with van der Waals surface area (Å²) in [5.41, 5.74) is 6.57. The van der Waals surface area contributed by atoms with Crippen molar-refractivity contribution in [1.29, 1.82) is 0 Å². The summed E-state index contributed by atoms with van der Waals surface area (Å²) in [5.74, 6) is 0.958. The van der Waals surface area contributed by atoms with E-state index in [1.54, 1.807) is 17.5 Å². The molecular formula is C10H12N4S. The molecule has 0 bridgehead atoms. The van der Waals surface area contributed by atoms with Crippen molar-refractivity contribution in [2.45, 2.75) is 12.5 Å². The van der Waals surface area contributed by atoms with Gasteiger partial charge in [-0.1, -0.05) is 6.07 Å². The number of nitrogens with zero attached hydrogens (tertiary/aromatic N) is 2. The molecule has 1 atom stereocenters. The number of hydrogen-bond acceptors (Lipinski definition) is 4. The van der Waals surface area contributed by atoms with Crippen LogP contribution < -0.4 is 11.1 Å². The van der Waals surface area contributed by atoms with Crippen LogP contribution in [0.3, 0.4) is 0 Å². The lowest BCUT2D eigenvalue weighted by Crippen LogP contribution is -2.24. The molecule has 0 aromatic carbocycles. The summed E-state index contributed by atoms with van der Waals surface area (Å²) < 4.78 is 1.99. The number of hydrogen-bond donors (Lipinski definition) is 2. The second kappa shape index (κ2) is 3.27. The monoisotopic (exact) mass is 220 g/mol. The van der Waals surface area contributed by atoms with Crippen molar-refractivity contribution in [2.24, 2.45) is 0 Å². The van der Waals surface area contributed by atoms with E-state index in [2.05, 4.69) is 27.9 Å². The second-order valence-corrected chi connectivity index (χ2v) is 4.62. The Balaban J connectivity index is 2.07. The van der Waals surface area contributed by atoms with E-state index in [1.807, 2.05) is 4.68 Å².